The second kappa shape index (κ2) is 9.91. The molecule has 138 valence electrons. The quantitative estimate of drug-likeness (QED) is 0.731. The molecule has 1 aliphatic rings. The summed E-state index contributed by atoms with van der Waals surface area (Å²) >= 11 is 0. The molecule has 1 aliphatic carbocycles. The minimum atomic E-state index is -0.569. The third-order valence-corrected chi connectivity index (χ3v) is 4.31. The average Bonchev–Trinajstić information content (AvgIpc) is 2.61. The maximum absolute atomic E-state index is 11.9. The fourth-order valence-electron chi connectivity index (χ4n) is 2.91. The smallest absolute Gasteiger partial charge is 0.344 e. The predicted octanol–water partition coefficient (Wildman–Crippen LogP) is 2.70. The van der Waals surface area contributed by atoms with Gasteiger partial charge in [0.05, 0.1) is 6.61 Å². The van der Waals surface area contributed by atoms with Crippen LogP contribution in [0.5, 0.6) is 11.5 Å². The molecule has 0 radical (unpaired) electrons. The molecule has 0 spiro atoms. The minimum absolute atomic E-state index is 0.181. The van der Waals surface area contributed by atoms with Gasteiger partial charge in [-0.25, -0.2) is 4.79 Å². The molecule has 0 aromatic heterocycles. The molecule has 0 aliphatic heterocycles. The SMILES string of the molecule is CCOc1ccc(OCC(=O)OCC(=O)NC2CCCCC2C)cc1. The van der Waals surface area contributed by atoms with Crippen molar-refractivity contribution in [1.29, 1.82) is 0 Å². The largest absolute Gasteiger partial charge is 0.494 e. The molecule has 2 atom stereocenters. The van der Waals surface area contributed by atoms with Crippen LogP contribution in [0.2, 0.25) is 0 Å². The van der Waals surface area contributed by atoms with E-state index in [1.54, 1.807) is 24.3 Å². The van der Waals surface area contributed by atoms with Gasteiger partial charge in [0.2, 0.25) is 0 Å². The topological polar surface area (TPSA) is 73.9 Å². The highest BCUT2D eigenvalue weighted by Crippen LogP contribution is 2.23. The van der Waals surface area contributed by atoms with Gasteiger partial charge < -0.3 is 19.5 Å². The van der Waals surface area contributed by atoms with Crippen LogP contribution in [-0.2, 0) is 14.3 Å². The molecule has 1 amide bonds. The number of carbonyl (C=O) groups is 2. The molecular formula is C19H27NO5. The highest BCUT2D eigenvalue weighted by molar-refractivity contribution is 5.81. The summed E-state index contributed by atoms with van der Waals surface area (Å²) in [6.07, 6.45) is 4.46. The Balaban J connectivity index is 1.65. The zero-order valence-corrected chi connectivity index (χ0v) is 15.0. The molecule has 1 aromatic rings. The van der Waals surface area contributed by atoms with Crippen LogP contribution in [0.15, 0.2) is 24.3 Å². The van der Waals surface area contributed by atoms with Crippen LogP contribution in [0, 0.1) is 5.92 Å². The monoisotopic (exact) mass is 349 g/mol. The van der Waals surface area contributed by atoms with Crippen LogP contribution in [0.4, 0.5) is 0 Å². The van der Waals surface area contributed by atoms with E-state index in [2.05, 4.69) is 12.2 Å². The number of rotatable bonds is 8. The Morgan fingerprint density at radius 1 is 1.04 bits per heavy atom. The Morgan fingerprint density at radius 2 is 1.68 bits per heavy atom. The van der Waals surface area contributed by atoms with Crippen molar-refractivity contribution >= 4 is 11.9 Å². The summed E-state index contributed by atoms with van der Waals surface area (Å²) in [5.41, 5.74) is 0. The number of ether oxygens (including phenoxy) is 3. The van der Waals surface area contributed by atoms with Crippen molar-refractivity contribution in [3.8, 4) is 11.5 Å². The lowest BCUT2D eigenvalue weighted by Crippen LogP contribution is -2.43. The van der Waals surface area contributed by atoms with Crippen molar-refractivity contribution in [2.45, 2.75) is 45.6 Å². The van der Waals surface area contributed by atoms with Gasteiger partial charge in [-0.15, -0.1) is 0 Å². The predicted molar refractivity (Wildman–Crippen MR) is 93.6 cm³/mol. The van der Waals surface area contributed by atoms with E-state index in [1.165, 1.54) is 6.42 Å². The zero-order valence-electron chi connectivity index (χ0n) is 15.0. The molecule has 0 heterocycles. The lowest BCUT2D eigenvalue weighted by molar-refractivity contribution is -0.150. The summed E-state index contributed by atoms with van der Waals surface area (Å²) in [4.78, 5) is 23.6. The molecule has 0 saturated heterocycles. The fourth-order valence-corrected chi connectivity index (χ4v) is 2.91. The van der Waals surface area contributed by atoms with Crippen molar-refractivity contribution in [1.82, 2.24) is 5.32 Å². The van der Waals surface area contributed by atoms with E-state index in [4.69, 9.17) is 14.2 Å². The van der Waals surface area contributed by atoms with Crippen LogP contribution in [0.25, 0.3) is 0 Å². The van der Waals surface area contributed by atoms with Gasteiger partial charge in [-0.3, -0.25) is 4.79 Å². The van der Waals surface area contributed by atoms with E-state index >= 15 is 0 Å². The zero-order chi connectivity index (χ0) is 18.1. The number of amides is 1. The van der Waals surface area contributed by atoms with Gasteiger partial charge in [-0.1, -0.05) is 19.8 Å². The molecule has 1 aromatic carbocycles. The van der Waals surface area contributed by atoms with Gasteiger partial charge in [0.1, 0.15) is 11.5 Å². The first-order chi connectivity index (χ1) is 12.1. The molecule has 2 rings (SSSR count). The Hall–Kier alpha value is -2.24. The summed E-state index contributed by atoms with van der Waals surface area (Å²) < 4.78 is 15.6. The van der Waals surface area contributed by atoms with Crippen molar-refractivity contribution in [2.24, 2.45) is 5.92 Å². The molecule has 25 heavy (non-hydrogen) atoms. The lowest BCUT2D eigenvalue weighted by atomic mass is 9.86. The third kappa shape index (κ3) is 6.64. The Bertz CT molecular complexity index is 557. The summed E-state index contributed by atoms with van der Waals surface area (Å²) in [6.45, 7) is 4.14. The van der Waals surface area contributed by atoms with Crippen LogP contribution in [0.1, 0.15) is 39.5 Å². The second-order valence-electron chi connectivity index (χ2n) is 6.29. The van der Waals surface area contributed by atoms with Crippen molar-refractivity contribution in [2.75, 3.05) is 19.8 Å². The highest BCUT2D eigenvalue weighted by atomic mass is 16.6. The van der Waals surface area contributed by atoms with E-state index < -0.39 is 5.97 Å². The van der Waals surface area contributed by atoms with Gasteiger partial charge >= 0.3 is 5.97 Å². The molecule has 6 heteroatoms. The highest BCUT2D eigenvalue weighted by Gasteiger charge is 2.23. The normalized spacial score (nSPS) is 19.8. The Morgan fingerprint density at radius 3 is 2.32 bits per heavy atom. The van der Waals surface area contributed by atoms with Gasteiger partial charge in [-0.05, 0) is 49.9 Å². The molecule has 1 saturated carbocycles. The lowest BCUT2D eigenvalue weighted by Gasteiger charge is -2.29. The fraction of sp³-hybridized carbons (Fsp3) is 0.579. The van der Waals surface area contributed by atoms with Crippen LogP contribution >= 0.6 is 0 Å². The molecule has 2 unspecified atom stereocenters. The first-order valence-electron chi connectivity index (χ1n) is 8.89. The average molecular weight is 349 g/mol. The summed E-state index contributed by atoms with van der Waals surface area (Å²) in [5.74, 6) is 0.928. The van der Waals surface area contributed by atoms with E-state index in [9.17, 15) is 9.59 Å². The number of hydrogen-bond acceptors (Lipinski definition) is 5. The first kappa shape index (κ1) is 19.1. The first-order valence-corrected chi connectivity index (χ1v) is 8.89. The third-order valence-electron chi connectivity index (χ3n) is 4.31. The maximum Gasteiger partial charge on any atom is 0.344 e. The Labute approximate surface area is 148 Å². The van der Waals surface area contributed by atoms with Crippen molar-refractivity contribution in [3.63, 3.8) is 0 Å². The molecule has 1 N–H and O–H groups in total. The van der Waals surface area contributed by atoms with Crippen LogP contribution in [0.3, 0.4) is 0 Å². The summed E-state index contributed by atoms with van der Waals surface area (Å²) in [7, 11) is 0. The standard InChI is InChI=1S/C19H27NO5/c1-3-23-15-8-10-16(11-9-15)24-13-19(22)25-12-18(21)20-17-7-5-4-6-14(17)2/h8-11,14,17H,3-7,12-13H2,1-2H3,(H,20,21). The molecule has 6 nitrogen and oxygen atoms in total. The van der Waals surface area contributed by atoms with Crippen LogP contribution in [-0.4, -0.2) is 37.7 Å². The number of carbonyl (C=O) groups excluding carboxylic acids is 2. The number of benzene rings is 1. The molecule has 0 bridgehead atoms. The van der Waals surface area contributed by atoms with Gasteiger partial charge in [0.15, 0.2) is 13.2 Å². The van der Waals surface area contributed by atoms with E-state index in [-0.39, 0.29) is 25.2 Å². The molecule has 1 fully saturated rings. The second-order valence-corrected chi connectivity index (χ2v) is 6.29. The maximum atomic E-state index is 11.9. The van der Waals surface area contributed by atoms with Crippen molar-refractivity contribution < 1.29 is 23.8 Å². The summed E-state index contributed by atoms with van der Waals surface area (Å²) in [6, 6.07) is 7.15. The number of hydrogen-bond donors (Lipinski definition) is 1. The Kier molecular flexibility index (Phi) is 7.57. The van der Waals surface area contributed by atoms with Crippen LogP contribution < -0.4 is 14.8 Å². The minimum Gasteiger partial charge on any atom is -0.494 e. The molecular weight excluding hydrogens is 322 g/mol. The van der Waals surface area contributed by atoms with Crippen molar-refractivity contribution in [3.05, 3.63) is 24.3 Å². The van der Waals surface area contributed by atoms with E-state index in [1.807, 2.05) is 6.92 Å². The summed E-state index contributed by atoms with van der Waals surface area (Å²) in [5, 5.41) is 2.95. The van der Waals surface area contributed by atoms with E-state index in [0.29, 0.717) is 18.3 Å². The van der Waals surface area contributed by atoms with Gasteiger partial charge in [0, 0.05) is 6.04 Å². The van der Waals surface area contributed by atoms with Gasteiger partial charge in [-0.2, -0.15) is 0 Å². The van der Waals surface area contributed by atoms with E-state index in [0.717, 1.165) is 25.0 Å². The number of esters is 1. The number of nitrogens with one attached hydrogen (secondary N) is 1. The van der Waals surface area contributed by atoms with Gasteiger partial charge in [0.25, 0.3) is 5.91 Å².